The number of hydrogen-bond acceptors (Lipinski definition) is 6. The molecule has 2 N–H and O–H groups in total. The normalized spacial score (nSPS) is 12.8. The van der Waals surface area contributed by atoms with Crippen molar-refractivity contribution in [2.45, 2.75) is 46.2 Å². The van der Waals surface area contributed by atoms with Crippen LogP contribution >= 0.6 is 0 Å². The molecule has 3 aromatic heterocycles. The summed E-state index contributed by atoms with van der Waals surface area (Å²) in [5, 5.41) is 14.1. The van der Waals surface area contributed by atoms with Crippen LogP contribution in [0.2, 0.25) is 0 Å². The summed E-state index contributed by atoms with van der Waals surface area (Å²) in [5.41, 5.74) is 1.51. The van der Waals surface area contributed by atoms with Crippen molar-refractivity contribution in [1.82, 2.24) is 40.2 Å². The molecule has 0 aliphatic carbocycles. The van der Waals surface area contributed by atoms with Gasteiger partial charge in [-0.05, 0) is 52.3 Å². The third kappa shape index (κ3) is 3.76. The first-order chi connectivity index (χ1) is 12.2. The van der Waals surface area contributed by atoms with Gasteiger partial charge in [0.15, 0.2) is 5.82 Å². The van der Waals surface area contributed by atoms with E-state index in [1.54, 1.807) is 17.2 Å². The van der Waals surface area contributed by atoms with Gasteiger partial charge in [0.1, 0.15) is 17.8 Å². The fraction of sp³-hybridized carbons (Fsp3) is 0.412. The van der Waals surface area contributed by atoms with E-state index in [2.05, 4.69) is 35.6 Å². The van der Waals surface area contributed by atoms with E-state index in [9.17, 15) is 4.79 Å². The van der Waals surface area contributed by atoms with Gasteiger partial charge < -0.3 is 5.32 Å². The Balaban J connectivity index is 1.71. The number of carbonyl (C=O) groups excluding carboxylic acids is 1. The van der Waals surface area contributed by atoms with Crippen LogP contribution in [0.5, 0.6) is 0 Å². The van der Waals surface area contributed by atoms with Crippen LogP contribution in [-0.4, -0.2) is 40.8 Å². The molecular weight excluding hydrogens is 332 g/mol. The third-order valence-electron chi connectivity index (χ3n) is 3.79. The maximum absolute atomic E-state index is 12.4. The molecule has 0 aromatic carbocycles. The van der Waals surface area contributed by atoms with Crippen LogP contribution in [0.15, 0.2) is 24.7 Å². The molecule has 1 atom stereocenters. The zero-order valence-electron chi connectivity index (χ0n) is 15.5. The first-order valence-electron chi connectivity index (χ1n) is 8.32. The molecule has 0 aliphatic rings. The van der Waals surface area contributed by atoms with Crippen LogP contribution in [-0.2, 0) is 5.54 Å². The number of aromatic nitrogens is 7. The highest BCUT2D eigenvalue weighted by Crippen LogP contribution is 2.16. The van der Waals surface area contributed by atoms with Crippen LogP contribution in [0.3, 0.4) is 0 Å². The Morgan fingerprint density at radius 2 is 2.08 bits per heavy atom. The lowest BCUT2D eigenvalue weighted by atomic mass is 10.1. The average molecular weight is 354 g/mol. The number of nitrogens with zero attached hydrogens (tertiary/aromatic N) is 6. The number of nitrogens with one attached hydrogen (secondary N) is 2. The molecule has 0 spiro atoms. The Morgan fingerprint density at radius 3 is 2.73 bits per heavy atom. The number of amides is 1. The topological polar surface area (TPSA) is 114 Å². The van der Waals surface area contributed by atoms with Crippen molar-refractivity contribution in [1.29, 1.82) is 0 Å². The Bertz CT molecular complexity index is 921. The van der Waals surface area contributed by atoms with Gasteiger partial charge in [-0.15, -0.1) is 5.10 Å². The first kappa shape index (κ1) is 17.7. The summed E-state index contributed by atoms with van der Waals surface area (Å²) in [6.07, 6.45) is 3.26. The highest BCUT2D eigenvalue weighted by atomic mass is 16.2. The number of rotatable bonds is 4. The molecule has 0 aliphatic heterocycles. The fourth-order valence-electron chi connectivity index (χ4n) is 2.26. The lowest BCUT2D eigenvalue weighted by Crippen LogP contribution is -2.29. The molecule has 3 heterocycles. The molecule has 0 saturated heterocycles. The average Bonchev–Trinajstić information content (AvgIpc) is 3.24. The fourth-order valence-corrected chi connectivity index (χ4v) is 2.26. The lowest BCUT2D eigenvalue weighted by molar-refractivity contribution is 0.0927. The van der Waals surface area contributed by atoms with Crippen molar-refractivity contribution < 1.29 is 4.79 Å². The van der Waals surface area contributed by atoms with Crippen molar-refractivity contribution in [2.24, 2.45) is 0 Å². The van der Waals surface area contributed by atoms with Gasteiger partial charge in [0.05, 0.1) is 11.6 Å². The van der Waals surface area contributed by atoms with E-state index in [1.807, 2.05) is 46.8 Å². The van der Waals surface area contributed by atoms with E-state index >= 15 is 0 Å². The minimum atomic E-state index is -0.379. The van der Waals surface area contributed by atoms with Crippen LogP contribution in [0, 0.1) is 6.92 Å². The molecule has 136 valence electrons. The Kier molecular flexibility index (Phi) is 4.54. The smallest absolute Gasteiger partial charge is 0.291 e. The first-order valence-corrected chi connectivity index (χ1v) is 8.32. The van der Waals surface area contributed by atoms with Crippen molar-refractivity contribution in [3.63, 3.8) is 0 Å². The van der Waals surface area contributed by atoms with Gasteiger partial charge in [-0.2, -0.15) is 5.10 Å². The van der Waals surface area contributed by atoms with Crippen molar-refractivity contribution in [3.8, 4) is 11.5 Å². The summed E-state index contributed by atoms with van der Waals surface area (Å²) in [4.78, 5) is 25.1. The van der Waals surface area contributed by atoms with E-state index in [4.69, 9.17) is 0 Å². The monoisotopic (exact) mass is 354 g/mol. The number of aryl methyl sites for hydroxylation is 1. The predicted molar refractivity (Wildman–Crippen MR) is 95.2 cm³/mol. The standard InChI is InChI=1S/C17H22N8O/c1-10-6-7-18-12(8-10)14-21-13(22-23-14)11(2)20-16(26)15-19-9-25(24-15)17(3,4)5/h6-9,11H,1-5H3,(H,20,26)(H,21,22,23). The second kappa shape index (κ2) is 6.66. The second-order valence-corrected chi connectivity index (χ2v) is 7.14. The maximum atomic E-state index is 12.4. The number of pyridine rings is 1. The third-order valence-corrected chi connectivity index (χ3v) is 3.79. The number of hydrogen-bond donors (Lipinski definition) is 2. The molecule has 1 unspecified atom stereocenters. The molecule has 0 bridgehead atoms. The highest BCUT2D eigenvalue weighted by Gasteiger charge is 2.21. The molecule has 9 nitrogen and oxygen atoms in total. The van der Waals surface area contributed by atoms with Gasteiger partial charge >= 0.3 is 0 Å². The molecule has 3 aromatic rings. The van der Waals surface area contributed by atoms with Crippen molar-refractivity contribution in [3.05, 3.63) is 41.9 Å². The molecule has 0 saturated carbocycles. The predicted octanol–water partition coefficient (Wildman–Crippen LogP) is 2.01. The summed E-state index contributed by atoms with van der Waals surface area (Å²) >= 11 is 0. The Hall–Kier alpha value is -3.10. The summed E-state index contributed by atoms with van der Waals surface area (Å²) in [7, 11) is 0. The lowest BCUT2D eigenvalue weighted by Gasteiger charge is -2.17. The van der Waals surface area contributed by atoms with Gasteiger partial charge in [-0.25, -0.2) is 14.6 Å². The molecule has 0 radical (unpaired) electrons. The number of H-pyrrole nitrogens is 1. The molecule has 26 heavy (non-hydrogen) atoms. The van der Waals surface area contributed by atoms with Crippen LogP contribution < -0.4 is 5.32 Å². The van der Waals surface area contributed by atoms with E-state index in [0.717, 1.165) is 5.56 Å². The Labute approximate surface area is 151 Å². The van der Waals surface area contributed by atoms with Crippen LogP contribution in [0.1, 0.15) is 55.7 Å². The molecule has 1 amide bonds. The molecule has 0 fully saturated rings. The van der Waals surface area contributed by atoms with Gasteiger partial charge in [0.25, 0.3) is 5.91 Å². The highest BCUT2D eigenvalue weighted by molar-refractivity contribution is 5.90. The zero-order valence-corrected chi connectivity index (χ0v) is 15.5. The minimum Gasteiger partial charge on any atom is -0.340 e. The molecule has 3 rings (SSSR count). The van der Waals surface area contributed by atoms with Crippen molar-refractivity contribution >= 4 is 5.91 Å². The van der Waals surface area contributed by atoms with Crippen LogP contribution in [0.25, 0.3) is 11.5 Å². The van der Waals surface area contributed by atoms with Gasteiger partial charge in [0, 0.05) is 6.20 Å². The molecule has 9 heteroatoms. The van der Waals surface area contributed by atoms with Gasteiger partial charge in [-0.3, -0.25) is 14.9 Å². The summed E-state index contributed by atoms with van der Waals surface area (Å²) in [6, 6.07) is 3.43. The quantitative estimate of drug-likeness (QED) is 0.741. The number of aromatic amines is 1. The maximum Gasteiger partial charge on any atom is 0.291 e. The summed E-state index contributed by atoms with van der Waals surface area (Å²) in [5.74, 6) is 0.769. The molecular formula is C17H22N8O. The zero-order chi connectivity index (χ0) is 18.9. The Morgan fingerprint density at radius 1 is 1.31 bits per heavy atom. The van der Waals surface area contributed by atoms with Gasteiger partial charge in [-0.1, -0.05) is 0 Å². The van der Waals surface area contributed by atoms with E-state index in [1.165, 1.54) is 0 Å². The second-order valence-electron chi connectivity index (χ2n) is 7.14. The SMILES string of the molecule is Cc1ccnc(-c2n[nH]c(C(C)NC(=O)c3ncn(C(C)(C)C)n3)n2)c1. The minimum absolute atomic E-state index is 0.117. The summed E-state index contributed by atoms with van der Waals surface area (Å²) in [6.45, 7) is 9.75. The van der Waals surface area contributed by atoms with Crippen LogP contribution in [0.4, 0.5) is 0 Å². The van der Waals surface area contributed by atoms with Gasteiger partial charge in [0.2, 0.25) is 5.82 Å². The van der Waals surface area contributed by atoms with E-state index < -0.39 is 0 Å². The summed E-state index contributed by atoms with van der Waals surface area (Å²) < 4.78 is 1.66. The number of carbonyl (C=O) groups is 1. The van der Waals surface area contributed by atoms with E-state index in [0.29, 0.717) is 17.3 Å². The van der Waals surface area contributed by atoms with Crippen molar-refractivity contribution in [2.75, 3.05) is 0 Å². The van der Waals surface area contributed by atoms with E-state index in [-0.39, 0.29) is 23.3 Å². The largest absolute Gasteiger partial charge is 0.340 e.